The zero-order valence-corrected chi connectivity index (χ0v) is 19.9. The first-order valence-electron chi connectivity index (χ1n) is 11.2. The highest BCUT2D eigenvalue weighted by Gasteiger charge is 2.26. The Morgan fingerprint density at radius 2 is 1.74 bits per heavy atom. The molecule has 1 aliphatic rings. The Kier molecular flexibility index (Phi) is 6.43. The summed E-state index contributed by atoms with van der Waals surface area (Å²) in [6.07, 6.45) is 0. The summed E-state index contributed by atoms with van der Waals surface area (Å²) in [4.78, 5) is 34.0. The van der Waals surface area contributed by atoms with Crippen LogP contribution in [0.3, 0.4) is 0 Å². The number of hydrogen-bond donors (Lipinski definition) is 0. The van der Waals surface area contributed by atoms with Crippen LogP contribution in [0.25, 0.3) is 17.1 Å². The minimum Gasteiger partial charge on any atom is -0.338 e. The van der Waals surface area contributed by atoms with Crippen LogP contribution in [0.2, 0.25) is 5.02 Å². The number of hydrogen-bond acceptors (Lipinski definition) is 7. The summed E-state index contributed by atoms with van der Waals surface area (Å²) in [6.45, 7) is 4.44. The van der Waals surface area contributed by atoms with E-state index in [1.54, 1.807) is 28.6 Å². The fraction of sp³-hybridized carbons (Fsp3) is 0.240. The number of aromatic nitrogens is 4. The van der Waals surface area contributed by atoms with Gasteiger partial charge in [0.2, 0.25) is 17.1 Å². The van der Waals surface area contributed by atoms with Crippen LogP contribution in [0.1, 0.15) is 22.1 Å². The molecule has 1 fully saturated rings. The normalized spacial score (nSPS) is 14.3. The van der Waals surface area contributed by atoms with Crippen LogP contribution in [0.5, 0.6) is 0 Å². The quantitative estimate of drug-likeness (QED) is 0.423. The number of benzene rings is 2. The molecule has 35 heavy (non-hydrogen) atoms. The highest BCUT2D eigenvalue weighted by atomic mass is 35.5. The van der Waals surface area contributed by atoms with E-state index in [0.717, 1.165) is 11.3 Å². The molecule has 1 amide bonds. The van der Waals surface area contributed by atoms with Crippen molar-refractivity contribution in [3.63, 3.8) is 0 Å². The Morgan fingerprint density at radius 3 is 2.46 bits per heavy atom. The number of carbonyl (C=O) groups excluding carboxylic acids is 1. The van der Waals surface area contributed by atoms with Crippen molar-refractivity contribution >= 4 is 17.5 Å². The zero-order valence-electron chi connectivity index (χ0n) is 19.1. The minimum absolute atomic E-state index is 0.0718. The molecule has 3 heterocycles. The maximum atomic E-state index is 13.1. The lowest BCUT2D eigenvalue weighted by molar-refractivity contribution is 0.0606. The summed E-state index contributed by atoms with van der Waals surface area (Å²) in [5, 5.41) is 9.09. The fourth-order valence-corrected chi connectivity index (χ4v) is 4.14. The van der Waals surface area contributed by atoms with Gasteiger partial charge in [0.1, 0.15) is 0 Å². The van der Waals surface area contributed by atoms with E-state index < -0.39 is 0 Å². The lowest BCUT2D eigenvalue weighted by Crippen LogP contribution is -2.49. The Balaban J connectivity index is 1.24. The van der Waals surface area contributed by atoms with Crippen molar-refractivity contribution in [2.45, 2.75) is 13.5 Å². The Bertz CT molecular complexity index is 1390. The first-order chi connectivity index (χ1) is 17.0. The lowest BCUT2D eigenvalue weighted by Gasteiger charge is -2.33. The van der Waals surface area contributed by atoms with Gasteiger partial charge in [0, 0.05) is 48.5 Å². The number of nitrogens with zero attached hydrogens (tertiary/aromatic N) is 6. The minimum atomic E-state index is -0.373. The second-order valence-corrected chi connectivity index (χ2v) is 8.77. The molecular weight excluding hydrogens is 468 g/mol. The smallest absolute Gasteiger partial charge is 0.278 e. The SMILES string of the molecule is Cc1cc(=O)c(C(=O)N2CCN(Cc3nc(-c4ccc(Cl)cc4)no3)CC2)nn1-c1ccccc1. The van der Waals surface area contributed by atoms with Gasteiger partial charge < -0.3 is 9.42 Å². The molecule has 0 saturated carbocycles. The highest BCUT2D eigenvalue weighted by Crippen LogP contribution is 2.19. The molecule has 9 nitrogen and oxygen atoms in total. The number of para-hydroxylation sites is 1. The van der Waals surface area contributed by atoms with E-state index in [1.165, 1.54) is 6.07 Å². The predicted octanol–water partition coefficient (Wildman–Crippen LogP) is 3.20. The van der Waals surface area contributed by atoms with Crippen molar-refractivity contribution in [2.75, 3.05) is 26.2 Å². The molecule has 0 atom stereocenters. The standard InChI is InChI=1S/C25H23ClN6O3/c1-17-15-21(33)23(28-32(17)20-5-3-2-4-6-20)25(34)31-13-11-30(12-14-31)16-22-27-24(29-35-22)18-7-9-19(26)10-8-18/h2-10,15H,11-14,16H2,1H3. The molecule has 0 spiro atoms. The number of amides is 1. The maximum Gasteiger partial charge on any atom is 0.278 e. The first-order valence-corrected chi connectivity index (χ1v) is 11.6. The van der Waals surface area contributed by atoms with E-state index in [9.17, 15) is 9.59 Å². The van der Waals surface area contributed by atoms with Crippen LogP contribution in [-0.2, 0) is 6.54 Å². The number of rotatable bonds is 5. The third-order valence-electron chi connectivity index (χ3n) is 5.90. The van der Waals surface area contributed by atoms with Crippen LogP contribution in [0.15, 0.2) is 70.0 Å². The van der Waals surface area contributed by atoms with Crippen molar-refractivity contribution in [1.82, 2.24) is 29.7 Å². The van der Waals surface area contributed by atoms with E-state index >= 15 is 0 Å². The van der Waals surface area contributed by atoms with Crippen molar-refractivity contribution in [2.24, 2.45) is 0 Å². The zero-order chi connectivity index (χ0) is 24.4. The molecule has 4 aromatic rings. The highest BCUT2D eigenvalue weighted by molar-refractivity contribution is 6.30. The Hall–Kier alpha value is -3.82. The summed E-state index contributed by atoms with van der Waals surface area (Å²) in [6, 6.07) is 18.1. The summed E-state index contributed by atoms with van der Waals surface area (Å²) < 4.78 is 7.03. The summed E-state index contributed by atoms with van der Waals surface area (Å²) in [5.74, 6) is 0.647. The van der Waals surface area contributed by atoms with Gasteiger partial charge in [0.25, 0.3) is 5.91 Å². The summed E-state index contributed by atoms with van der Waals surface area (Å²) in [5.41, 5.74) is 1.84. The monoisotopic (exact) mass is 490 g/mol. The largest absolute Gasteiger partial charge is 0.338 e. The number of halogens is 1. The van der Waals surface area contributed by atoms with E-state index in [1.807, 2.05) is 42.5 Å². The number of aryl methyl sites for hydroxylation is 1. The molecule has 10 heteroatoms. The predicted molar refractivity (Wildman–Crippen MR) is 130 cm³/mol. The van der Waals surface area contributed by atoms with E-state index in [2.05, 4.69) is 20.1 Å². The Labute approximate surface area is 206 Å². The molecule has 0 radical (unpaired) electrons. The molecule has 1 saturated heterocycles. The van der Waals surface area contributed by atoms with E-state index in [4.69, 9.17) is 16.1 Å². The van der Waals surface area contributed by atoms with Crippen LogP contribution < -0.4 is 5.43 Å². The summed E-state index contributed by atoms with van der Waals surface area (Å²) >= 11 is 5.94. The second-order valence-electron chi connectivity index (χ2n) is 8.33. The van der Waals surface area contributed by atoms with Gasteiger partial charge in [-0.05, 0) is 43.3 Å². The molecule has 1 aliphatic heterocycles. The third-order valence-corrected chi connectivity index (χ3v) is 6.15. The van der Waals surface area contributed by atoms with E-state index in [-0.39, 0.29) is 17.0 Å². The molecular formula is C25H23ClN6O3. The van der Waals surface area contributed by atoms with Gasteiger partial charge in [0.15, 0.2) is 5.69 Å². The third kappa shape index (κ3) is 5.01. The summed E-state index contributed by atoms with van der Waals surface area (Å²) in [7, 11) is 0. The number of piperazine rings is 1. The van der Waals surface area contributed by atoms with Gasteiger partial charge >= 0.3 is 0 Å². The maximum absolute atomic E-state index is 13.1. The molecule has 2 aromatic heterocycles. The average Bonchev–Trinajstić information content (AvgIpc) is 3.33. The van der Waals surface area contributed by atoms with Gasteiger partial charge in [-0.15, -0.1) is 0 Å². The van der Waals surface area contributed by atoms with Crippen molar-refractivity contribution in [3.8, 4) is 17.1 Å². The lowest BCUT2D eigenvalue weighted by atomic mass is 10.2. The fourth-order valence-electron chi connectivity index (χ4n) is 4.01. The van der Waals surface area contributed by atoms with Crippen LogP contribution in [-0.4, -0.2) is 61.8 Å². The van der Waals surface area contributed by atoms with Crippen molar-refractivity contribution in [3.05, 3.63) is 93.2 Å². The van der Waals surface area contributed by atoms with Crippen LogP contribution in [0, 0.1) is 6.92 Å². The number of carbonyl (C=O) groups is 1. The molecule has 5 rings (SSSR count). The van der Waals surface area contributed by atoms with Gasteiger partial charge in [-0.25, -0.2) is 4.68 Å². The molecule has 0 bridgehead atoms. The molecule has 2 aromatic carbocycles. The van der Waals surface area contributed by atoms with Gasteiger partial charge in [-0.1, -0.05) is 35.0 Å². The molecule has 0 N–H and O–H groups in total. The van der Waals surface area contributed by atoms with Crippen molar-refractivity contribution < 1.29 is 9.32 Å². The van der Waals surface area contributed by atoms with Gasteiger partial charge in [-0.3, -0.25) is 14.5 Å². The van der Waals surface area contributed by atoms with Crippen molar-refractivity contribution in [1.29, 1.82) is 0 Å². The van der Waals surface area contributed by atoms with E-state index in [0.29, 0.717) is 55.2 Å². The molecule has 0 unspecified atom stereocenters. The average molecular weight is 491 g/mol. The van der Waals surface area contributed by atoms with Crippen LogP contribution in [0.4, 0.5) is 0 Å². The Morgan fingerprint density at radius 1 is 1.03 bits per heavy atom. The topological polar surface area (TPSA) is 97.4 Å². The molecule has 178 valence electrons. The van der Waals surface area contributed by atoms with Gasteiger partial charge in [0.05, 0.1) is 12.2 Å². The second kappa shape index (κ2) is 9.81. The van der Waals surface area contributed by atoms with Gasteiger partial charge in [-0.2, -0.15) is 10.1 Å². The molecule has 0 aliphatic carbocycles. The first kappa shape index (κ1) is 22.9. The van der Waals surface area contributed by atoms with Crippen LogP contribution >= 0.6 is 11.6 Å².